The summed E-state index contributed by atoms with van der Waals surface area (Å²) in [5.41, 5.74) is 5.80. The number of aromatic nitrogens is 1. The molecule has 122 valence electrons. The second-order valence-corrected chi connectivity index (χ2v) is 6.77. The fraction of sp³-hybridized carbons (Fsp3) is 0.0500. The number of aliphatic imine (C=N–C) groups is 1. The van der Waals surface area contributed by atoms with Gasteiger partial charge < -0.3 is 8.98 Å². The molecular weight excluding hydrogens is 355 g/mol. The van der Waals surface area contributed by atoms with Gasteiger partial charge in [-0.2, -0.15) is 0 Å². The number of halogens is 2. The Morgan fingerprint density at radius 1 is 1.00 bits per heavy atom. The number of hydrogen-bond acceptors (Lipinski definition) is 2. The SMILES string of the molecule is Clc1cccc2c1CN=C(c1ccc3occ(Cl)c3c1)c1cccn1-2. The lowest BCUT2D eigenvalue weighted by Crippen LogP contribution is -2.08. The third-order valence-electron chi connectivity index (χ3n) is 4.54. The van der Waals surface area contributed by atoms with Gasteiger partial charge in [0.05, 0.1) is 28.7 Å². The van der Waals surface area contributed by atoms with Crippen molar-refractivity contribution in [2.45, 2.75) is 6.54 Å². The summed E-state index contributed by atoms with van der Waals surface area (Å²) >= 11 is 12.6. The van der Waals surface area contributed by atoms with E-state index in [9.17, 15) is 0 Å². The zero-order chi connectivity index (χ0) is 17.0. The zero-order valence-electron chi connectivity index (χ0n) is 13.0. The van der Waals surface area contributed by atoms with Gasteiger partial charge in [-0.05, 0) is 42.5 Å². The molecule has 0 radical (unpaired) electrons. The summed E-state index contributed by atoms with van der Waals surface area (Å²) in [6, 6.07) is 16.0. The van der Waals surface area contributed by atoms with E-state index in [0.717, 1.165) is 44.2 Å². The van der Waals surface area contributed by atoms with E-state index in [-0.39, 0.29) is 0 Å². The first-order valence-electron chi connectivity index (χ1n) is 7.89. The van der Waals surface area contributed by atoms with E-state index in [1.807, 2.05) is 42.6 Å². The van der Waals surface area contributed by atoms with Crippen LogP contribution in [0.4, 0.5) is 0 Å². The highest BCUT2D eigenvalue weighted by atomic mass is 35.5. The second kappa shape index (κ2) is 5.51. The molecule has 0 unspecified atom stereocenters. The molecule has 4 aromatic rings. The van der Waals surface area contributed by atoms with E-state index in [1.54, 1.807) is 6.26 Å². The Bertz CT molecular complexity index is 1150. The van der Waals surface area contributed by atoms with Gasteiger partial charge in [0.2, 0.25) is 0 Å². The monoisotopic (exact) mass is 366 g/mol. The lowest BCUT2D eigenvalue weighted by Gasteiger charge is -2.11. The summed E-state index contributed by atoms with van der Waals surface area (Å²) in [5, 5.41) is 2.23. The van der Waals surface area contributed by atoms with Crippen molar-refractivity contribution < 1.29 is 4.42 Å². The molecule has 0 saturated heterocycles. The summed E-state index contributed by atoms with van der Waals surface area (Å²) in [5.74, 6) is 0. The maximum atomic E-state index is 6.41. The van der Waals surface area contributed by atoms with Gasteiger partial charge in [-0.3, -0.25) is 4.99 Å². The fourth-order valence-corrected chi connectivity index (χ4v) is 3.76. The van der Waals surface area contributed by atoms with Crippen molar-refractivity contribution in [3.05, 3.63) is 87.9 Å². The molecule has 0 fully saturated rings. The molecule has 2 aromatic carbocycles. The lowest BCUT2D eigenvalue weighted by atomic mass is 10.1. The van der Waals surface area contributed by atoms with Crippen molar-refractivity contribution in [1.29, 1.82) is 0 Å². The third-order valence-corrected chi connectivity index (χ3v) is 5.19. The second-order valence-electron chi connectivity index (χ2n) is 5.96. The summed E-state index contributed by atoms with van der Waals surface area (Å²) in [7, 11) is 0. The standard InChI is InChI=1S/C20H12Cl2N2O/c21-15-3-1-4-17-14(15)10-23-20(18-5-2-8-24(17)18)12-6-7-19-13(9-12)16(22)11-25-19/h1-9,11H,10H2. The van der Waals surface area contributed by atoms with E-state index in [1.165, 1.54) is 0 Å². The van der Waals surface area contributed by atoms with Gasteiger partial charge >= 0.3 is 0 Å². The minimum atomic E-state index is 0.531. The molecule has 1 aliphatic heterocycles. The molecule has 0 spiro atoms. The number of rotatable bonds is 1. The summed E-state index contributed by atoms with van der Waals surface area (Å²) in [6.45, 7) is 0.531. The average molecular weight is 367 g/mol. The largest absolute Gasteiger partial charge is 0.463 e. The van der Waals surface area contributed by atoms with Crippen LogP contribution < -0.4 is 0 Å². The number of nitrogens with zero attached hydrogens (tertiary/aromatic N) is 2. The van der Waals surface area contributed by atoms with Crippen LogP contribution in [0.1, 0.15) is 16.8 Å². The summed E-state index contributed by atoms with van der Waals surface area (Å²) in [4.78, 5) is 4.87. The lowest BCUT2D eigenvalue weighted by molar-refractivity contribution is 0.616. The molecule has 0 amide bonds. The zero-order valence-corrected chi connectivity index (χ0v) is 14.6. The molecule has 0 aliphatic carbocycles. The average Bonchev–Trinajstić information content (AvgIpc) is 3.20. The van der Waals surface area contributed by atoms with Crippen molar-refractivity contribution in [3.8, 4) is 5.69 Å². The molecule has 25 heavy (non-hydrogen) atoms. The Morgan fingerprint density at radius 3 is 2.84 bits per heavy atom. The maximum absolute atomic E-state index is 6.41. The Balaban J connectivity index is 1.74. The van der Waals surface area contributed by atoms with E-state index in [2.05, 4.69) is 16.7 Å². The molecule has 0 bridgehead atoms. The van der Waals surface area contributed by atoms with Gasteiger partial charge in [0, 0.05) is 27.7 Å². The Hall–Kier alpha value is -2.49. The maximum Gasteiger partial charge on any atom is 0.135 e. The van der Waals surface area contributed by atoms with E-state index in [0.29, 0.717) is 11.6 Å². The fourth-order valence-electron chi connectivity index (χ4n) is 3.34. The Morgan fingerprint density at radius 2 is 1.92 bits per heavy atom. The van der Waals surface area contributed by atoms with Crippen LogP contribution in [0.3, 0.4) is 0 Å². The van der Waals surface area contributed by atoms with Crippen LogP contribution in [0, 0.1) is 0 Å². The van der Waals surface area contributed by atoms with Crippen molar-refractivity contribution >= 4 is 39.9 Å². The van der Waals surface area contributed by atoms with E-state index >= 15 is 0 Å². The van der Waals surface area contributed by atoms with Crippen LogP contribution in [-0.4, -0.2) is 10.3 Å². The molecule has 0 N–H and O–H groups in total. The highest BCUT2D eigenvalue weighted by Crippen LogP contribution is 2.31. The van der Waals surface area contributed by atoms with Crippen LogP contribution in [0.25, 0.3) is 16.7 Å². The van der Waals surface area contributed by atoms with Gasteiger partial charge in [-0.1, -0.05) is 29.3 Å². The molecular formula is C20H12Cl2N2O. The molecule has 5 heteroatoms. The van der Waals surface area contributed by atoms with Gasteiger partial charge in [0.1, 0.15) is 11.8 Å². The topological polar surface area (TPSA) is 30.4 Å². The molecule has 5 rings (SSSR count). The van der Waals surface area contributed by atoms with Crippen LogP contribution in [0.15, 0.2) is 70.4 Å². The molecule has 0 saturated carbocycles. The van der Waals surface area contributed by atoms with Gasteiger partial charge in [0.25, 0.3) is 0 Å². The van der Waals surface area contributed by atoms with Crippen LogP contribution in [0.5, 0.6) is 0 Å². The number of fused-ring (bicyclic) bond motifs is 4. The first-order chi connectivity index (χ1) is 12.2. The predicted octanol–water partition coefficient (Wildman–Crippen LogP) is 5.88. The third kappa shape index (κ3) is 2.24. The summed E-state index contributed by atoms with van der Waals surface area (Å²) in [6.07, 6.45) is 3.60. The van der Waals surface area contributed by atoms with Crippen LogP contribution in [0.2, 0.25) is 10.0 Å². The first-order valence-corrected chi connectivity index (χ1v) is 8.65. The van der Waals surface area contributed by atoms with Crippen LogP contribution in [-0.2, 0) is 6.54 Å². The van der Waals surface area contributed by atoms with Gasteiger partial charge in [-0.15, -0.1) is 0 Å². The van der Waals surface area contributed by atoms with E-state index in [4.69, 9.17) is 32.6 Å². The normalized spacial score (nSPS) is 13.3. The Labute approximate surface area is 154 Å². The minimum Gasteiger partial charge on any atom is -0.463 e. The number of furan rings is 1. The van der Waals surface area contributed by atoms with Gasteiger partial charge in [0.15, 0.2) is 0 Å². The van der Waals surface area contributed by atoms with Crippen molar-refractivity contribution in [2.75, 3.05) is 0 Å². The molecule has 0 atom stereocenters. The highest BCUT2D eigenvalue weighted by molar-refractivity contribution is 6.35. The van der Waals surface area contributed by atoms with Crippen LogP contribution >= 0.6 is 23.2 Å². The quantitative estimate of drug-likeness (QED) is 0.413. The molecule has 3 nitrogen and oxygen atoms in total. The Kier molecular flexibility index (Phi) is 3.27. The first kappa shape index (κ1) is 14.8. The smallest absolute Gasteiger partial charge is 0.135 e. The van der Waals surface area contributed by atoms with Gasteiger partial charge in [-0.25, -0.2) is 0 Å². The minimum absolute atomic E-state index is 0.531. The van der Waals surface area contributed by atoms with Crippen molar-refractivity contribution in [1.82, 2.24) is 4.57 Å². The summed E-state index contributed by atoms with van der Waals surface area (Å²) < 4.78 is 7.58. The van der Waals surface area contributed by atoms with Crippen molar-refractivity contribution in [3.63, 3.8) is 0 Å². The molecule has 1 aliphatic rings. The van der Waals surface area contributed by atoms with Crippen molar-refractivity contribution in [2.24, 2.45) is 4.99 Å². The highest BCUT2D eigenvalue weighted by Gasteiger charge is 2.20. The van der Waals surface area contributed by atoms with E-state index < -0.39 is 0 Å². The number of benzene rings is 2. The predicted molar refractivity (Wildman–Crippen MR) is 101 cm³/mol. The number of hydrogen-bond donors (Lipinski definition) is 0. The molecule has 3 heterocycles. The molecule has 2 aromatic heterocycles.